The van der Waals surface area contributed by atoms with Gasteiger partial charge in [-0.15, -0.1) is 0 Å². The first-order valence-corrected chi connectivity index (χ1v) is 9.25. The molecule has 0 radical (unpaired) electrons. The summed E-state index contributed by atoms with van der Waals surface area (Å²) < 4.78 is 11.8. The molecule has 0 N–H and O–H groups in total. The Balaban J connectivity index is 2.97. The SMILES string of the molecule is CC(C)COc1cc(CBr)c(OCC(C)C)cc1CBr. The van der Waals surface area contributed by atoms with Gasteiger partial charge in [-0.25, -0.2) is 0 Å². The molecule has 0 aliphatic heterocycles. The summed E-state index contributed by atoms with van der Waals surface area (Å²) in [6.07, 6.45) is 0. The van der Waals surface area contributed by atoms with Gasteiger partial charge in [0.25, 0.3) is 0 Å². The fraction of sp³-hybridized carbons (Fsp3) is 0.625. The summed E-state index contributed by atoms with van der Waals surface area (Å²) in [5.74, 6) is 2.92. The lowest BCUT2D eigenvalue weighted by Gasteiger charge is -2.17. The van der Waals surface area contributed by atoms with Gasteiger partial charge in [-0.1, -0.05) is 59.6 Å². The van der Waals surface area contributed by atoms with Crippen LogP contribution in [-0.4, -0.2) is 13.2 Å². The summed E-state index contributed by atoms with van der Waals surface area (Å²) in [5, 5.41) is 1.53. The number of halogens is 2. The van der Waals surface area contributed by atoms with Gasteiger partial charge in [0.05, 0.1) is 13.2 Å². The fourth-order valence-electron chi connectivity index (χ4n) is 1.63. The summed E-state index contributed by atoms with van der Waals surface area (Å²) in [6.45, 7) is 10.1. The molecule has 1 rings (SSSR count). The second kappa shape index (κ2) is 8.93. The van der Waals surface area contributed by atoms with Gasteiger partial charge in [0.1, 0.15) is 11.5 Å². The van der Waals surface area contributed by atoms with Crippen LogP contribution in [0.1, 0.15) is 38.8 Å². The molecule has 1 aromatic carbocycles. The van der Waals surface area contributed by atoms with Crippen molar-refractivity contribution in [1.29, 1.82) is 0 Å². The summed E-state index contributed by atoms with van der Waals surface area (Å²) in [5.41, 5.74) is 2.27. The quantitative estimate of drug-likeness (QED) is 0.526. The Kier molecular flexibility index (Phi) is 7.96. The van der Waals surface area contributed by atoms with Crippen LogP contribution in [-0.2, 0) is 10.7 Å². The van der Waals surface area contributed by atoms with Crippen LogP contribution in [0.2, 0.25) is 0 Å². The van der Waals surface area contributed by atoms with Crippen molar-refractivity contribution >= 4 is 31.9 Å². The van der Waals surface area contributed by atoms with Gasteiger partial charge >= 0.3 is 0 Å². The largest absolute Gasteiger partial charge is 0.493 e. The van der Waals surface area contributed by atoms with Crippen molar-refractivity contribution in [3.05, 3.63) is 23.3 Å². The summed E-state index contributed by atoms with van der Waals surface area (Å²) in [7, 11) is 0. The molecule has 0 atom stereocenters. The third-order valence-corrected chi connectivity index (χ3v) is 3.88. The van der Waals surface area contributed by atoms with Crippen LogP contribution in [0.3, 0.4) is 0 Å². The Morgan fingerprint density at radius 1 is 0.800 bits per heavy atom. The van der Waals surface area contributed by atoms with Crippen molar-refractivity contribution in [3.8, 4) is 11.5 Å². The fourth-order valence-corrected chi connectivity index (χ4v) is 2.51. The molecule has 0 saturated heterocycles. The molecule has 4 heteroatoms. The molecule has 0 fully saturated rings. The lowest BCUT2D eigenvalue weighted by molar-refractivity contribution is 0.261. The smallest absolute Gasteiger partial charge is 0.123 e. The van der Waals surface area contributed by atoms with E-state index in [0.29, 0.717) is 11.8 Å². The molecule has 0 heterocycles. The maximum Gasteiger partial charge on any atom is 0.123 e. The summed E-state index contributed by atoms with van der Waals surface area (Å²) in [4.78, 5) is 0. The Bertz CT molecular complexity index is 377. The third-order valence-electron chi connectivity index (χ3n) is 2.68. The summed E-state index contributed by atoms with van der Waals surface area (Å²) in [6, 6.07) is 4.17. The summed E-state index contributed by atoms with van der Waals surface area (Å²) >= 11 is 7.06. The van der Waals surface area contributed by atoms with Gasteiger partial charge in [0.15, 0.2) is 0 Å². The van der Waals surface area contributed by atoms with Crippen LogP contribution in [0.5, 0.6) is 11.5 Å². The number of hydrogen-bond donors (Lipinski definition) is 0. The predicted molar refractivity (Wildman–Crippen MR) is 92.4 cm³/mol. The number of benzene rings is 1. The number of hydrogen-bond acceptors (Lipinski definition) is 2. The van der Waals surface area contributed by atoms with E-state index in [9.17, 15) is 0 Å². The molecule has 0 amide bonds. The van der Waals surface area contributed by atoms with Gasteiger partial charge < -0.3 is 9.47 Å². The molecule has 0 unspecified atom stereocenters. The average Bonchev–Trinajstić information content (AvgIpc) is 2.42. The number of alkyl halides is 2. The number of rotatable bonds is 8. The van der Waals surface area contributed by atoms with Crippen molar-refractivity contribution in [2.24, 2.45) is 11.8 Å². The zero-order valence-corrected chi connectivity index (χ0v) is 15.9. The second-order valence-corrected chi connectivity index (χ2v) is 6.87. The van der Waals surface area contributed by atoms with E-state index in [-0.39, 0.29) is 0 Å². The average molecular weight is 408 g/mol. The lowest BCUT2D eigenvalue weighted by Crippen LogP contribution is -2.09. The highest BCUT2D eigenvalue weighted by molar-refractivity contribution is 9.08. The first-order chi connectivity index (χ1) is 9.47. The van der Waals surface area contributed by atoms with Crippen molar-refractivity contribution in [2.75, 3.05) is 13.2 Å². The standard InChI is InChI=1S/C16H24Br2O2/c1-11(2)9-19-15-5-14(8-18)16(6-13(15)7-17)20-10-12(3)4/h5-6,11-12H,7-10H2,1-4H3. The van der Waals surface area contributed by atoms with E-state index >= 15 is 0 Å². The zero-order chi connectivity index (χ0) is 15.1. The Hall–Kier alpha value is -0.220. The van der Waals surface area contributed by atoms with Crippen LogP contribution in [0.15, 0.2) is 12.1 Å². The predicted octanol–water partition coefficient (Wildman–Crippen LogP) is 5.55. The Morgan fingerprint density at radius 2 is 1.15 bits per heavy atom. The van der Waals surface area contributed by atoms with E-state index in [1.165, 1.54) is 0 Å². The molecule has 114 valence electrons. The molecule has 0 bridgehead atoms. The minimum atomic E-state index is 0.516. The van der Waals surface area contributed by atoms with Crippen LogP contribution in [0.25, 0.3) is 0 Å². The first-order valence-electron chi connectivity index (χ1n) is 7.01. The van der Waals surface area contributed by atoms with Crippen LogP contribution in [0.4, 0.5) is 0 Å². The van der Waals surface area contributed by atoms with Gasteiger partial charge in [0.2, 0.25) is 0 Å². The van der Waals surface area contributed by atoms with Crippen LogP contribution >= 0.6 is 31.9 Å². The monoisotopic (exact) mass is 406 g/mol. The van der Waals surface area contributed by atoms with E-state index < -0.39 is 0 Å². The third kappa shape index (κ3) is 5.65. The van der Waals surface area contributed by atoms with Gasteiger partial charge in [-0.05, 0) is 24.0 Å². The van der Waals surface area contributed by atoms with Crippen LogP contribution in [0, 0.1) is 11.8 Å². The van der Waals surface area contributed by atoms with Gasteiger partial charge in [-0.2, -0.15) is 0 Å². The highest BCUT2D eigenvalue weighted by atomic mass is 79.9. The van der Waals surface area contributed by atoms with Crippen molar-refractivity contribution in [2.45, 2.75) is 38.4 Å². The van der Waals surface area contributed by atoms with E-state index in [0.717, 1.165) is 46.5 Å². The number of ether oxygens (including phenoxy) is 2. The normalized spacial score (nSPS) is 11.2. The second-order valence-electron chi connectivity index (χ2n) is 5.74. The molecule has 20 heavy (non-hydrogen) atoms. The van der Waals surface area contributed by atoms with E-state index in [2.05, 4.69) is 71.7 Å². The molecule has 0 aromatic heterocycles. The zero-order valence-electron chi connectivity index (χ0n) is 12.7. The maximum absolute atomic E-state index is 5.91. The molecule has 0 aliphatic rings. The Labute approximate surface area is 139 Å². The van der Waals surface area contributed by atoms with Crippen molar-refractivity contribution in [3.63, 3.8) is 0 Å². The van der Waals surface area contributed by atoms with Gasteiger partial charge in [0, 0.05) is 21.8 Å². The molecule has 2 nitrogen and oxygen atoms in total. The first kappa shape index (κ1) is 17.8. The maximum atomic E-state index is 5.91. The highest BCUT2D eigenvalue weighted by Crippen LogP contribution is 2.32. The van der Waals surface area contributed by atoms with Crippen LogP contribution < -0.4 is 9.47 Å². The van der Waals surface area contributed by atoms with Crippen molar-refractivity contribution < 1.29 is 9.47 Å². The Morgan fingerprint density at radius 3 is 1.40 bits per heavy atom. The molecule has 0 spiro atoms. The minimum absolute atomic E-state index is 0.516. The van der Waals surface area contributed by atoms with Gasteiger partial charge in [-0.3, -0.25) is 0 Å². The molecular weight excluding hydrogens is 384 g/mol. The topological polar surface area (TPSA) is 18.5 Å². The van der Waals surface area contributed by atoms with E-state index in [1.807, 2.05) is 0 Å². The molecular formula is C16H24Br2O2. The molecule has 1 aromatic rings. The van der Waals surface area contributed by atoms with E-state index in [1.54, 1.807) is 0 Å². The molecule has 0 saturated carbocycles. The molecule has 0 aliphatic carbocycles. The highest BCUT2D eigenvalue weighted by Gasteiger charge is 2.12. The lowest BCUT2D eigenvalue weighted by atomic mass is 10.1. The van der Waals surface area contributed by atoms with E-state index in [4.69, 9.17) is 9.47 Å². The minimum Gasteiger partial charge on any atom is -0.493 e. The van der Waals surface area contributed by atoms with Crippen molar-refractivity contribution in [1.82, 2.24) is 0 Å².